The van der Waals surface area contributed by atoms with Crippen molar-refractivity contribution in [2.24, 2.45) is 0 Å². The molecule has 0 spiro atoms. The zero-order chi connectivity index (χ0) is 17.0. The third-order valence-electron chi connectivity index (χ3n) is 3.81. The summed E-state index contributed by atoms with van der Waals surface area (Å²) in [4.78, 5) is 12.2. The standard InChI is InChI=1S/C18H25NO3Si/c1-6-15-17(18(20)21-2)14-9-7-8-10-16(14)19(15)13-22-11-12-23(3,4)5/h6-10H,1,11-13H2,2-5H3. The Labute approximate surface area is 138 Å². The van der Waals surface area contributed by atoms with Gasteiger partial charge in [0, 0.05) is 20.1 Å². The molecule has 1 aromatic carbocycles. The van der Waals surface area contributed by atoms with Gasteiger partial charge >= 0.3 is 5.97 Å². The number of fused-ring (bicyclic) bond motifs is 1. The van der Waals surface area contributed by atoms with Gasteiger partial charge in [0.1, 0.15) is 6.73 Å². The van der Waals surface area contributed by atoms with Crippen LogP contribution in [0.2, 0.25) is 25.7 Å². The number of esters is 1. The number of carbonyl (C=O) groups is 1. The van der Waals surface area contributed by atoms with E-state index in [0.717, 1.165) is 29.2 Å². The second kappa shape index (κ2) is 7.15. The highest BCUT2D eigenvalue weighted by Crippen LogP contribution is 2.28. The van der Waals surface area contributed by atoms with E-state index < -0.39 is 8.07 Å². The summed E-state index contributed by atoms with van der Waals surface area (Å²) in [5, 5.41) is 0.864. The van der Waals surface area contributed by atoms with Crippen LogP contribution < -0.4 is 0 Å². The second-order valence-electron chi connectivity index (χ2n) is 6.75. The highest BCUT2D eigenvalue weighted by molar-refractivity contribution is 6.76. The van der Waals surface area contributed by atoms with Crippen molar-refractivity contribution >= 4 is 31.0 Å². The van der Waals surface area contributed by atoms with Crippen LogP contribution in [0.4, 0.5) is 0 Å². The third-order valence-corrected chi connectivity index (χ3v) is 5.51. The number of aromatic nitrogens is 1. The predicted molar refractivity (Wildman–Crippen MR) is 97.5 cm³/mol. The molecular weight excluding hydrogens is 306 g/mol. The minimum Gasteiger partial charge on any atom is -0.465 e. The van der Waals surface area contributed by atoms with E-state index in [9.17, 15) is 4.79 Å². The number of para-hydroxylation sites is 1. The lowest BCUT2D eigenvalue weighted by molar-refractivity contribution is 0.0600. The summed E-state index contributed by atoms with van der Waals surface area (Å²) in [7, 11) is 0.277. The summed E-state index contributed by atoms with van der Waals surface area (Å²) < 4.78 is 12.8. The molecular formula is C18H25NO3Si. The molecule has 4 nitrogen and oxygen atoms in total. The molecule has 5 heteroatoms. The van der Waals surface area contributed by atoms with Crippen molar-refractivity contribution in [1.29, 1.82) is 0 Å². The highest BCUT2D eigenvalue weighted by atomic mass is 28.3. The van der Waals surface area contributed by atoms with Crippen LogP contribution in [0.3, 0.4) is 0 Å². The number of rotatable bonds is 7. The van der Waals surface area contributed by atoms with Crippen molar-refractivity contribution in [3.63, 3.8) is 0 Å². The molecule has 0 saturated heterocycles. The molecule has 0 aliphatic rings. The first kappa shape index (κ1) is 17.5. The Morgan fingerprint density at radius 1 is 1.30 bits per heavy atom. The van der Waals surface area contributed by atoms with E-state index in [1.807, 2.05) is 28.8 Å². The largest absolute Gasteiger partial charge is 0.465 e. The van der Waals surface area contributed by atoms with Gasteiger partial charge in [0.2, 0.25) is 0 Å². The first-order chi connectivity index (χ1) is 10.9. The topological polar surface area (TPSA) is 40.5 Å². The Hall–Kier alpha value is -1.85. The molecule has 1 aromatic heterocycles. The molecule has 23 heavy (non-hydrogen) atoms. The number of methoxy groups -OCH3 is 1. The van der Waals surface area contributed by atoms with Crippen molar-refractivity contribution in [1.82, 2.24) is 4.57 Å². The molecule has 2 aromatic rings. The van der Waals surface area contributed by atoms with E-state index in [2.05, 4.69) is 26.2 Å². The maximum absolute atomic E-state index is 12.2. The van der Waals surface area contributed by atoms with Crippen molar-refractivity contribution in [3.05, 3.63) is 42.1 Å². The van der Waals surface area contributed by atoms with Gasteiger partial charge in [-0.25, -0.2) is 4.79 Å². The highest BCUT2D eigenvalue weighted by Gasteiger charge is 2.21. The number of ether oxygens (including phenoxy) is 2. The minimum absolute atomic E-state index is 0.350. The Kier molecular flexibility index (Phi) is 5.44. The van der Waals surface area contributed by atoms with Gasteiger partial charge in [0.25, 0.3) is 0 Å². The summed E-state index contributed by atoms with van der Waals surface area (Å²) in [5.74, 6) is -0.350. The Morgan fingerprint density at radius 2 is 2.00 bits per heavy atom. The Bertz CT molecular complexity index is 713. The van der Waals surface area contributed by atoms with E-state index in [-0.39, 0.29) is 5.97 Å². The van der Waals surface area contributed by atoms with E-state index in [4.69, 9.17) is 9.47 Å². The Balaban J connectivity index is 2.35. The predicted octanol–water partition coefficient (Wildman–Crippen LogP) is 4.38. The molecule has 0 aliphatic heterocycles. The van der Waals surface area contributed by atoms with Crippen LogP contribution in [-0.4, -0.2) is 32.3 Å². The summed E-state index contributed by atoms with van der Waals surface area (Å²) in [6.07, 6.45) is 1.69. The van der Waals surface area contributed by atoms with Crippen LogP contribution in [0.25, 0.3) is 17.0 Å². The molecule has 0 amide bonds. The van der Waals surface area contributed by atoms with E-state index in [1.54, 1.807) is 6.08 Å². The smallest absolute Gasteiger partial charge is 0.340 e. The zero-order valence-corrected chi connectivity index (χ0v) is 15.4. The maximum atomic E-state index is 12.2. The number of hydrogen-bond acceptors (Lipinski definition) is 3. The van der Waals surface area contributed by atoms with Crippen LogP contribution in [0.5, 0.6) is 0 Å². The van der Waals surface area contributed by atoms with Gasteiger partial charge in [-0.1, -0.05) is 44.4 Å². The average Bonchev–Trinajstić information content (AvgIpc) is 2.83. The maximum Gasteiger partial charge on any atom is 0.340 e. The Morgan fingerprint density at radius 3 is 2.61 bits per heavy atom. The normalized spacial score (nSPS) is 11.7. The molecule has 0 aliphatic carbocycles. The fraction of sp³-hybridized carbons (Fsp3) is 0.389. The fourth-order valence-electron chi connectivity index (χ4n) is 2.53. The van der Waals surface area contributed by atoms with Gasteiger partial charge in [-0.05, 0) is 18.2 Å². The van der Waals surface area contributed by atoms with Gasteiger partial charge in [0.15, 0.2) is 0 Å². The van der Waals surface area contributed by atoms with Crippen molar-refractivity contribution in [2.75, 3.05) is 13.7 Å². The summed E-state index contributed by atoms with van der Waals surface area (Å²) in [6.45, 7) is 12.0. The van der Waals surface area contributed by atoms with Crippen LogP contribution in [0.15, 0.2) is 30.8 Å². The molecule has 0 saturated carbocycles. The SMILES string of the molecule is C=Cc1c(C(=O)OC)c2ccccc2n1COCC[Si](C)(C)C. The molecule has 0 unspecified atom stereocenters. The van der Waals surface area contributed by atoms with Crippen LogP contribution >= 0.6 is 0 Å². The first-order valence-corrected chi connectivity index (χ1v) is 11.5. The quantitative estimate of drug-likeness (QED) is 0.429. The van der Waals surface area contributed by atoms with Gasteiger partial charge < -0.3 is 14.0 Å². The van der Waals surface area contributed by atoms with E-state index >= 15 is 0 Å². The molecule has 0 N–H and O–H groups in total. The molecule has 124 valence electrons. The van der Waals surface area contributed by atoms with Crippen LogP contribution in [-0.2, 0) is 16.2 Å². The number of hydrogen-bond donors (Lipinski definition) is 0. The van der Waals surface area contributed by atoms with Crippen molar-refractivity contribution in [3.8, 4) is 0 Å². The van der Waals surface area contributed by atoms with Gasteiger partial charge in [-0.15, -0.1) is 0 Å². The summed E-state index contributed by atoms with van der Waals surface area (Å²) >= 11 is 0. The fourth-order valence-corrected chi connectivity index (χ4v) is 3.28. The monoisotopic (exact) mass is 331 g/mol. The van der Waals surface area contributed by atoms with E-state index in [0.29, 0.717) is 12.3 Å². The van der Waals surface area contributed by atoms with Crippen LogP contribution in [0.1, 0.15) is 16.1 Å². The lowest BCUT2D eigenvalue weighted by Crippen LogP contribution is -2.22. The molecule has 0 atom stereocenters. The zero-order valence-electron chi connectivity index (χ0n) is 14.4. The summed E-state index contributed by atoms with van der Waals surface area (Å²) in [6, 6.07) is 8.89. The van der Waals surface area contributed by atoms with E-state index in [1.165, 1.54) is 7.11 Å². The van der Waals surface area contributed by atoms with Gasteiger partial charge in [0.05, 0.1) is 23.9 Å². The lowest BCUT2D eigenvalue weighted by atomic mass is 10.1. The van der Waals surface area contributed by atoms with Crippen molar-refractivity contribution < 1.29 is 14.3 Å². The second-order valence-corrected chi connectivity index (χ2v) is 12.4. The number of benzene rings is 1. The molecule has 0 fully saturated rings. The number of nitrogens with zero attached hydrogens (tertiary/aromatic N) is 1. The lowest BCUT2D eigenvalue weighted by Gasteiger charge is -2.16. The first-order valence-electron chi connectivity index (χ1n) is 7.79. The van der Waals surface area contributed by atoms with Gasteiger partial charge in [-0.2, -0.15) is 0 Å². The molecule has 2 rings (SSSR count). The van der Waals surface area contributed by atoms with Crippen molar-refractivity contribution in [2.45, 2.75) is 32.4 Å². The molecule has 0 bridgehead atoms. The third kappa shape index (κ3) is 3.92. The van der Waals surface area contributed by atoms with Crippen LogP contribution in [0, 0.1) is 0 Å². The number of carbonyl (C=O) groups excluding carboxylic acids is 1. The molecule has 0 radical (unpaired) electrons. The van der Waals surface area contributed by atoms with Gasteiger partial charge in [-0.3, -0.25) is 0 Å². The molecule has 1 heterocycles. The summed E-state index contributed by atoms with van der Waals surface area (Å²) in [5.41, 5.74) is 2.24. The average molecular weight is 331 g/mol. The minimum atomic E-state index is -1.12.